The number of alkyl halides is 11. The van der Waals surface area contributed by atoms with Gasteiger partial charge >= 0.3 is 36.2 Å². The Hall–Kier alpha value is -1.34. The minimum Gasteiger partial charge on any atom is -0.461 e. The van der Waals surface area contributed by atoms with Crippen LogP contribution in [0.25, 0.3) is 0 Å². The summed E-state index contributed by atoms with van der Waals surface area (Å²) in [6.07, 6.45) is -19.3. The number of esters is 1. The van der Waals surface area contributed by atoms with Gasteiger partial charge in [0.25, 0.3) is 0 Å². The Labute approximate surface area is 152 Å². The van der Waals surface area contributed by atoms with Gasteiger partial charge in [0.05, 0.1) is 6.61 Å². The summed E-state index contributed by atoms with van der Waals surface area (Å²) >= 11 is 0. The van der Waals surface area contributed by atoms with Crippen LogP contribution in [0.15, 0.2) is 0 Å². The lowest BCUT2D eigenvalue weighted by Gasteiger charge is -2.33. The quantitative estimate of drug-likeness (QED) is 0.318. The van der Waals surface area contributed by atoms with Gasteiger partial charge < -0.3 is 4.74 Å². The second-order valence-corrected chi connectivity index (χ2v) is 5.80. The molecule has 14 heteroatoms. The standard InChI is InChI=1S/C14H17F11O3/c1-3-5-6-8(4-2)7-27-9(26)10(15,12(18,19)20)28-14(24,25)11(16,17)13(21,22)23/h8H,3-7H2,1-2H3/t8-,10+/m1/s1. The molecule has 2 atom stereocenters. The molecule has 28 heavy (non-hydrogen) atoms. The van der Waals surface area contributed by atoms with Gasteiger partial charge in [0, 0.05) is 0 Å². The Morgan fingerprint density at radius 1 is 0.857 bits per heavy atom. The molecule has 0 unspecified atom stereocenters. The molecule has 3 nitrogen and oxygen atoms in total. The van der Waals surface area contributed by atoms with Crippen molar-refractivity contribution in [1.82, 2.24) is 0 Å². The first-order valence-electron chi connectivity index (χ1n) is 7.82. The van der Waals surface area contributed by atoms with E-state index in [-0.39, 0.29) is 12.8 Å². The molecular formula is C14H17F11O3. The number of hydrogen-bond donors (Lipinski definition) is 0. The molecule has 0 rings (SSSR count). The van der Waals surface area contributed by atoms with Crippen molar-refractivity contribution < 1.29 is 62.6 Å². The summed E-state index contributed by atoms with van der Waals surface area (Å²) in [7, 11) is 0. The normalized spacial score (nSPS) is 17.2. The molecule has 168 valence electrons. The fourth-order valence-corrected chi connectivity index (χ4v) is 1.81. The van der Waals surface area contributed by atoms with E-state index < -0.39 is 48.7 Å². The average molecular weight is 442 g/mol. The van der Waals surface area contributed by atoms with E-state index in [1.807, 2.05) is 0 Å². The zero-order valence-electron chi connectivity index (χ0n) is 14.5. The van der Waals surface area contributed by atoms with Crippen molar-refractivity contribution in [2.75, 3.05) is 6.61 Å². The smallest absolute Gasteiger partial charge is 0.461 e. The van der Waals surface area contributed by atoms with Crippen LogP contribution in [-0.4, -0.2) is 42.8 Å². The highest BCUT2D eigenvalue weighted by atomic mass is 19.4. The van der Waals surface area contributed by atoms with Gasteiger partial charge in [0.2, 0.25) is 0 Å². The highest BCUT2D eigenvalue weighted by Crippen LogP contribution is 2.51. The highest BCUT2D eigenvalue weighted by Gasteiger charge is 2.80. The van der Waals surface area contributed by atoms with E-state index in [1.54, 1.807) is 6.92 Å². The van der Waals surface area contributed by atoms with Crippen LogP contribution < -0.4 is 0 Å². The van der Waals surface area contributed by atoms with E-state index in [2.05, 4.69) is 9.47 Å². The third-order valence-corrected chi connectivity index (χ3v) is 3.61. The molecule has 0 aliphatic carbocycles. The maximum atomic E-state index is 13.9. The summed E-state index contributed by atoms with van der Waals surface area (Å²) in [4.78, 5) is 11.4. The lowest BCUT2D eigenvalue weighted by Crippen LogP contribution is -2.62. The molecule has 0 aromatic heterocycles. The van der Waals surface area contributed by atoms with Crippen LogP contribution in [0.4, 0.5) is 48.3 Å². The molecule has 0 heterocycles. The number of rotatable bonds is 10. The van der Waals surface area contributed by atoms with Crippen LogP contribution in [0, 0.1) is 5.92 Å². The van der Waals surface area contributed by atoms with Crippen molar-refractivity contribution in [3.63, 3.8) is 0 Å². The summed E-state index contributed by atoms with van der Waals surface area (Å²) in [5, 5.41) is 0. The van der Waals surface area contributed by atoms with Crippen LogP contribution in [0.5, 0.6) is 0 Å². The van der Waals surface area contributed by atoms with Crippen molar-refractivity contribution in [3.05, 3.63) is 0 Å². The summed E-state index contributed by atoms with van der Waals surface area (Å²) in [6.45, 7) is 2.34. The van der Waals surface area contributed by atoms with Gasteiger partial charge in [-0.15, -0.1) is 0 Å². The predicted octanol–water partition coefficient (Wildman–Crippen LogP) is 5.78. The van der Waals surface area contributed by atoms with E-state index in [4.69, 9.17) is 0 Å². The molecule has 0 aliphatic heterocycles. The molecule has 0 fully saturated rings. The molecule has 0 saturated carbocycles. The number of ether oxygens (including phenoxy) is 2. The number of halogens is 11. The zero-order valence-corrected chi connectivity index (χ0v) is 14.5. The van der Waals surface area contributed by atoms with E-state index in [0.29, 0.717) is 12.8 Å². The third-order valence-electron chi connectivity index (χ3n) is 3.61. The predicted molar refractivity (Wildman–Crippen MR) is 71.2 cm³/mol. The van der Waals surface area contributed by atoms with Gasteiger partial charge in [-0.1, -0.05) is 33.1 Å². The SMILES string of the molecule is CCCC[C@@H](CC)COC(=O)[C@](F)(OC(F)(F)C(F)(F)C(F)(F)F)C(F)(F)F. The van der Waals surface area contributed by atoms with Crippen molar-refractivity contribution >= 4 is 5.97 Å². The molecule has 0 radical (unpaired) electrons. The number of carbonyl (C=O) groups excluding carboxylic acids is 1. The Balaban J connectivity index is 5.63. The maximum absolute atomic E-state index is 13.9. The van der Waals surface area contributed by atoms with Gasteiger partial charge in [-0.25, -0.2) is 4.79 Å². The van der Waals surface area contributed by atoms with Gasteiger partial charge in [-0.3, -0.25) is 4.74 Å². The zero-order chi connectivity index (χ0) is 22.6. The second-order valence-electron chi connectivity index (χ2n) is 5.80. The minimum atomic E-state index is -7.23. The highest BCUT2D eigenvalue weighted by molar-refractivity contribution is 5.78. The molecular weight excluding hydrogens is 425 g/mol. The van der Waals surface area contributed by atoms with Gasteiger partial charge in [0.1, 0.15) is 0 Å². The average Bonchev–Trinajstić information content (AvgIpc) is 2.51. The summed E-state index contributed by atoms with van der Waals surface area (Å²) in [6, 6.07) is 0. The van der Waals surface area contributed by atoms with Gasteiger partial charge in [0.15, 0.2) is 0 Å². The first-order valence-corrected chi connectivity index (χ1v) is 7.82. The Morgan fingerprint density at radius 2 is 1.36 bits per heavy atom. The molecule has 0 aromatic carbocycles. The lowest BCUT2D eigenvalue weighted by molar-refractivity contribution is -0.475. The van der Waals surface area contributed by atoms with Crippen molar-refractivity contribution in [1.29, 1.82) is 0 Å². The van der Waals surface area contributed by atoms with Crippen molar-refractivity contribution in [2.24, 2.45) is 5.92 Å². The molecule has 0 amide bonds. The molecule has 0 N–H and O–H groups in total. The minimum absolute atomic E-state index is 0.210. The van der Waals surface area contributed by atoms with E-state index >= 15 is 0 Å². The van der Waals surface area contributed by atoms with Crippen LogP contribution in [0.1, 0.15) is 39.5 Å². The van der Waals surface area contributed by atoms with Crippen LogP contribution in [0.3, 0.4) is 0 Å². The Bertz CT molecular complexity index is 516. The van der Waals surface area contributed by atoms with E-state index in [9.17, 15) is 53.1 Å². The maximum Gasteiger partial charge on any atom is 0.462 e. The largest absolute Gasteiger partial charge is 0.462 e. The number of hydrogen-bond acceptors (Lipinski definition) is 3. The number of carbonyl (C=O) groups is 1. The third kappa shape index (κ3) is 5.83. The lowest BCUT2D eigenvalue weighted by atomic mass is 10.0. The topological polar surface area (TPSA) is 35.5 Å². The summed E-state index contributed by atoms with van der Waals surface area (Å²) in [5.74, 6) is -17.3. The molecule has 0 bridgehead atoms. The molecule has 0 aliphatic rings. The monoisotopic (exact) mass is 442 g/mol. The van der Waals surface area contributed by atoms with Gasteiger partial charge in [-0.2, -0.15) is 48.3 Å². The second kappa shape index (κ2) is 8.99. The first-order chi connectivity index (χ1) is 12.4. The van der Waals surface area contributed by atoms with Gasteiger partial charge in [-0.05, 0) is 12.3 Å². The fraction of sp³-hybridized carbons (Fsp3) is 0.929. The first kappa shape index (κ1) is 26.7. The Morgan fingerprint density at radius 3 is 1.71 bits per heavy atom. The van der Waals surface area contributed by atoms with Crippen molar-refractivity contribution in [3.8, 4) is 0 Å². The van der Waals surface area contributed by atoms with E-state index in [0.717, 1.165) is 0 Å². The van der Waals surface area contributed by atoms with Crippen molar-refractivity contribution in [2.45, 2.75) is 69.8 Å². The van der Waals surface area contributed by atoms with E-state index in [1.165, 1.54) is 6.92 Å². The van der Waals surface area contributed by atoms with Crippen LogP contribution in [-0.2, 0) is 14.3 Å². The fourth-order valence-electron chi connectivity index (χ4n) is 1.81. The summed E-state index contributed by atoms with van der Waals surface area (Å²) in [5.41, 5.74) is 0. The van der Waals surface area contributed by atoms with Crippen LogP contribution in [0.2, 0.25) is 0 Å². The Kier molecular flexibility index (Phi) is 8.56. The van der Waals surface area contributed by atoms with Crippen LogP contribution >= 0.6 is 0 Å². The molecule has 0 spiro atoms. The molecule has 0 saturated heterocycles. The molecule has 0 aromatic rings. The number of unbranched alkanes of at least 4 members (excludes halogenated alkanes) is 1. The summed E-state index contributed by atoms with van der Waals surface area (Å²) < 4.78 is 146.